The Kier molecular flexibility index (Phi) is 4.52. The van der Waals surface area contributed by atoms with Crippen LogP contribution in [-0.4, -0.2) is 42.3 Å². The highest BCUT2D eigenvalue weighted by atomic mass is 35.5. The number of halogens is 1. The number of aromatic nitrogens is 3. The molecule has 2 aromatic heterocycles. The maximum Gasteiger partial charge on any atom is 0.164 e. The molecular weight excluding hydrogens is 412 g/mol. The van der Waals surface area contributed by atoms with Crippen LogP contribution < -0.4 is 5.73 Å². The molecule has 2 N–H and O–H groups in total. The van der Waals surface area contributed by atoms with Crippen LogP contribution in [0.2, 0.25) is 5.02 Å². The van der Waals surface area contributed by atoms with Gasteiger partial charge in [-0.1, -0.05) is 11.6 Å². The number of nitrogen functional groups attached to an aromatic ring is 1. The van der Waals surface area contributed by atoms with Crippen molar-refractivity contribution >= 4 is 39.6 Å². The summed E-state index contributed by atoms with van der Waals surface area (Å²) in [7, 11) is 0. The molecule has 1 unspecified atom stereocenters. The quantitative estimate of drug-likeness (QED) is 0.637. The maximum atomic E-state index is 13.4. The fourth-order valence-corrected chi connectivity index (χ4v) is 6.10. The fraction of sp³-hybridized carbons (Fsp3) is 0.400. The highest BCUT2D eigenvalue weighted by Crippen LogP contribution is 2.48. The lowest BCUT2D eigenvalue weighted by Crippen LogP contribution is -2.34. The molecule has 3 aromatic rings. The SMILES string of the molecule is CC1(C)O[C@@H]2[C@H](O1)[C@@H]([S+]([O-])c1ccc(Cl)cc1)C[C@H]2n1ccc2c(N)ncnc21. The smallest absolute Gasteiger partial charge is 0.164 e. The lowest BCUT2D eigenvalue weighted by atomic mass is 10.2. The van der Waals surface area contributed by atoms with Crippen molar-refractivity contribution in [2.24, 2.45) is 0 Å². The van der Waals surface area contributed by atoms with Crippen LogP contribution in [0, 0.1) is 0 Å². The molecule has 1 aliphatic carbocycles. The topological polar surface area (TPSA) is 98.2 Å². The Hall–Kier alpha value is -1.84. The third-order valence-electron chi connectivity index (χ3n) is 5.60. The first-order chi connectivity index (χ1) is 13.8. The van der Waals surface area contributed by atoms with E-state index in [2.05, 4.69) is 14.5 Å². The van der Waals surface area contributed by atoms with Crippen LogP contribution in [0.5, 0.6) is 0 Å². The highest BCUT2D eigenvalue weighted by Gasteiger charge is 2.59. The molecule has 2 fully saturated rings. The van der Waals surface area contributed by atoms with Gasteiger partial charge in [-0.15, -0.1) is 0 Å². The van der Waals surface area contributed by atoms with Crippen molar-refractivity contribution in [3.8, 4) is 0 Å². The van der Waals surface area contributed by atoms with Gasteiger partial charge >= 0.3 is 0 Å². The molecule has 1 saturated heterocycles. The molecule has 2 aliphatic rings. The second kappa shape index (κ2) is 6.85. The third-order valence-corrected chi connectivity index (χ3v) is 7.60. The van der Waals surface area contributed by atoms with E-state index in [1.54, 1.807) is 24.3 Å². The van der Waals surface area contributed by atoms with E-state index >= 15 is 0 Å². The Labute approximate surface area is 176 Å². The van der Waals surface area contributed by atoms with Crippen LogP contribution in [0.15, 0.2) is 47.8 Å². The minimum absolute atomic E-state index is 0.0742. The Morgan fingerprint density at radius 2 is 1.90 bits per heavy atom. The van der Waals surface area contributed by atoms with E-state index in [1.165, 1.54) is 6.33 Å². The van der Waals surface area contributed by atoms with Gasteiger partial charge in [0.15, 0.2) is 15.9 Å². The summed E-state index contributed by atoms with van der Waals surface area (Å²) < 4.78 is 27.9. The second-order valence-corrected chi connectivity index (χ2v) is 9.98. The summed E-state index contributed by atoms with van der Waals surface area (Å²) in [5, 5.41) is 1.19. The van der Waals surface area contributed by atoms with Crippen LogP contribution in [0.3, 0.4) is 0 Å². The molecule has 1 aromatic carbocycles. The van der Waals surface area contributed by atoms with Gasteiger partial charge in [-0.2, -0.15) is 0 Å². The fourth-order valence-electron chi connectivity index (χ4n) is 4.39. The molecule has 9 heteroatoms. The van der Waals surface area contributed by atoms with Gasteiger partial charge in [0.25, 0.3) is 0 Å². The molecule has 3 heterocycles. The molecule has 0 spiro atoms. The minimum atomic E-state index is -1.27. The number of fused-ring (bicyclic) bond motifs is 2. The zero-order valence-corrected chi connectivity index (χ0v) is 17.6. The number of rotatable bonds is 3. The molecule has 1 saturated carbocycles. The van der Waals surface area contributed by atoms with E-state index in [0.29, 0.717) is 17.3 Å². The molecule has 0 radical (unpaired) electrons. The summed E-state index contributed by atoms with van der Waals surface area (Å²) in [6.45, 7) is 3.77. The average molecular weight is 433 g/mol. The van der Waals surface area contributed by atoms with Gasteiger partial charge in [-0.3, -0.25) is 0 Å². The van der Waals surface area contributed by atoms with E-state index in [0.717, 1.165) is 15.9 Å². The highest BCUT2D eigenvalue weighted by molar-refractivity contribution is 7.92. The summed E-state index contributed by atoms with van der Waals surface area (Å²) in [6.07, 6.45) is 3.51. The van der Waals surface area contributed by atoms with Gasteiger partial charge in [0, 0.05) is 17.6 Å². The summed E-state index contributed by atoms with van der Waals surface area (Å²) in [5.41, 5.74) is 6.75. The van der Waals surface area contributed by atoms with Crippen molar-refractivity contribution in [3.63, 3.8) is 0 Å². The van der Waals surface area contributed by atoms with Crippen LogP contribution in [0.4, 0.5) is 5.82 Å². The van der Waals surface area contributed by atoms with Crippen LogP contribution in [-0.2, 0) is 20.6 Å². The molecule has 1 aliphatic heterocycles. The Morgan fingerprint density at radius 1 is 1.17 bits per heavy atom. The van der Waals surface area contributed by atoms with Crippen molar-refractivity contribution in [2.45, 2.75) is 54.5 Å². The molecule has 0 amide bonds. The van der Waals surface area contributed by atoms with E-state index in [1.807, 2.05) is 26.1 Å². The largest absolute Gasteiger partial charge is 0.611 e. The normalized spacial score (nSPS) is 29.2. The first-order valence-corrected chi connectivity index (χ1v) is 11.0. The summed E-state index contributed by atoms with van der Waals surface area (Å²) in [4.78, 5) is 9.22. The number of hydrogen-bond acceptors (Lipinski definition) is 6. The Bertz CT molecular complexity index is 1060. The van der Waals surface area contributed by atoms with Crippen molar-refractivity contribution < 1.29 is 14.0 Å². The van der Waals surface area contributed by atoms with E-state index in [4.69, 9.17) is 26.8 Å². The van der Waals surface area contributed by atoms with Crippen LogP contribution >= 0.6 is 11.6 Å². The molecule has 5 atom stereocenters. The van der Waals surface area contributed by atoms with Crippen molar-refractivity contribution in [1.29, 1.82) is 0 Å². The van der Waals surface area contributed by atoms with Crippen molar-refractivity contribution in [2.75, 3.05) is 5.73 Å². The van der Waals surface area contributed by atoms with Gasteiger partial charge in [0.05, 0.1) is 11.4 Å². The molecule has 29 heavy (non-hydrogen) atoms. The lowest BCUT2D eigenvalue weighted by molar-refractivity contribution is -0.154. The summed E-state index contributed by atoms with van der Waals surface area (Å²) >= 11 is 4.73. The van der Waals surface area contributed by atoms with Gasteiger partial charge < -0.3 is 24.3 Å². The predicted molar refractivity (Wildman–Crippen MR) is 111 cm³/mol. The molecule has 7 nitrogen and oxygen atoms in total. The zero-order chi connectivity index (χ0) is 20.3. The van der Waals surface area contributed by atoms with Gasteiger partial charge in [-0.25, -0.2) is 9.97 Å². The standard InChI is InChI=1S/C20H21ClN4O3S/c1-20(2)27-16-14(25-8-7-13-18(22)23-10-24-19(13)25)9-15(17(16)28-20)29(26)12-5-3-11(21)4-6-12/h3-8,10,14-17H,9H2,1-2H3,(H2,22,23,24)/t14-,15+,16+,17-,29?/m1/s1. The Morgan fingerprint density at radius 3 is 2.66 bits per heavy atom. The maximum absolute atomic E-state index is 13.4. The summed E-state index contributed by atoms with van der Waals surface area (Å²) in [5.74, 6) is -0.304. The van der Waals surface area contributed by atoms with E-state index in [9.17, 15) is 4.55 Å². The monoisotopic (exact) mass is 432 g/mol. The minimum Gasteiger partial charge on any atom is -0.611 e. The lowest BCUT2D eigenvalue weighted by Gasteiger charge is -2.25. The second-order valence-electron chi connectivity index (χ2n) is 7.88. The molecule has 152 valence electrons. The number of nitrogens with two attached hydrogens (primary N) is 1. The number of anilines is 1. The number of benzene rings is 1. The Balaban J connectivity index is 1.53. The molecule has 5 rings (SSSR count). The molecule has 0 bridgehead atoms. The van der Waals surface area contributed by atoms with Crippen molar-refractivity contribution in [1.82, 2.24) is 14.5 Å². The van der Waals surface area contributed by atoms with Gasteiger partial charge in [0.2, 0.25) is 0 Å². The van der Waals surface area contributed by atoms with E-state index in [-0.39, 0.29) is 23.5 Å². The number of ether oxygens (including phenoxy) is 2. The first kappa shape index (κ1) is 19.1. The number of nitrogens with zero attached hydrogens (tertiary/aromatic N) is 3. The van der Waals surface area contributed by atoms with Crippen LogP contribution in [0.25, 0.3) is 11.0 Å². The first-order valence-electron chi connectivity index (χ1n) is 9.43. The average Bonchev–Trinajstić information content (AvgIpc) is 3.33. The van der Waals surface area contributed by atoms with E-state index < -0.39 is 17.0 Å². The predicted octanol–water partition coefficient (Wildman–Crippen LogP) is 3.31. The zero-order valence-electron chi connectivity index (χ0n) is 16.0. The van der Waals surface area contributed by atoms with Gasteiger partial charge in [0.1, 0.15) is 30.0 Å². The molecular formula is C20H21ClN4O3S. The number of hydrogen-bond donors (Lipinski definition) is 1. The van der Waals surface area contributed by atoms with Gasteiger partial charge in [-0.05, 0) is 55.4 Å². The summed E-state index contributed by atoms with van der Waals surface area (Å²) in [6, 6.07) is 8.96. The third kappa shape index (κ3) is 3.19. The van der Waals surface area contributed by atoms with Crippen LogP contribution in [0.1, 0.15) is 26.3 Å². The van der Waals surface area contributed by atoms with Crippen molar-refractivity contribution in [3.05, 3.63) is 47.9 Å².